The molecule has 0 heterocycles. The lowest BCUT2D eigenvalue weighted by molar-refractivity contribution is 0.0943. The first kappa shape index (κ1) is 13.7. The van der Waals surface area contributed by atoms with Gasteiger partial charge >= 0.3 is 0 Å². The highest BCUT2D eigenvalue weighted by Crippen LogP contribution is 2.42. The fourth-order valence-corrected chi connectivity index (χ4v) is 3.15. The summed E-state index contributed by atoms with van der Waals surface area (Å²) in [6.45, 7) is 0.673. The number of benzene rings is 1. The number of amides is 1. The third-order valence-corrected chi connectivity index (χ3v) is 5.24. The van der Waals surface area contributed by atoms with E-state index in [1.807, 2.05) is 11.8 Å². The highest BCUT2D eigenvalue weighted by Gasteiger charge is 2.36. The summed E-state index contributed by atoms with van der Waals surface area (Å²) >= 11 is 5.79. The van der Waals surface area contributed by atoms with Gasteiger partial charge < -0.3 is 5.32 Å². The van der Waals surface area contributed by atoms with Crippen LogP contribution >= 0.6 is 24.4 Å². The summed E-state index contributed by atoms with van der Waals surface area (Å²) in [7, 11) is 0. The molecule has 0 spiro atoms. The van der Waals surface area contributed by atoms with E-state index < -0.39 is 5.82 Å². The van der Waals surface area contributed by atoms with Crippen molar-refractivity contribution in [3.8, 4) is 0 Å². The summed E-state index contributed by atoms with van der Waals surface area (Å²) in [5.41, 5.74) is 0.456. The van der Waals surface area contributed by atoms with Gasteiger partial charge in [-0.25, -0.2) is 4.39 Å². The smallest absolute Gasteiger partial charge is 0.251 e. The summed E-state index contributed by atoms with van der Waals surface area (Å²) in [5, 5.41) is 2.92. The Kier molecular flexibility index (Phi) is 4.22. The van der Waals surface area contributed by atoms with Gasteiger partial charge in [-0.05, 0) is 37.3 Å². The Hall–Kier alpha value is -0.680. The molecule has 1 fully saturated rings. The first-order valence-electron chi connectivity index (χ1n) is 5.88. The molecule has 1 aliphatic rings. The number of carbonyl (C=O) groups excluding carboxylic acids is 1. The predicted octanol–water partition coefficient (Wildman–Crippen LogP) is 3.13. The number of thiol groups is 1. The van der Waals surface area contributed by atoms with Crippen molar-refractivity contribution in [1.29, 1.82) is 0 Å². The number of hydrogen-bond donors (Lipinski definition) is 2. The minimum Gasteiger partial charge on any atom is -0.351 e. The maximum atomic E-state index is 13.0. The fourth-order valence-electron chi connectivity index (χ4n) is 2.02. The maximum absolute atomic E-state index is 13.0. The van der Waals surface area contributed by atoms with Gasteiger partial charge in [-0.1, -0.05) is 6.42 Å². The van der Waals surface area contributed by atoms with E-state index in [0.717, 1.165) is 12.8 Å². The second-order valence-corrected chi connectivity index (χ2v) is 6.35. The van der Waals surface area contributed by atoms with Crippen molar-refractivity contribution >= 4 is 30.3 Å². The van der Waals surface area contributed by atoms with Crippen LogP contribution in [-0.2, 0) is 0 Å². The van der Waals surface area contributed by atoms with Gasteiger partial charge in [-0.15, -0.1) is 12.6 Å². The largest absolute Gasteiger partial charge is 0.351 e. The highest BCUT2D eigenvalue weighted by atomic mass is 32.2. The summed E-state index contributed by atoms with van der Waals surface area (Å²) in [6.07, 6.45) is 5.61. The van der Waals surface area contributed by atoms with E-state index in [9.17, 15) is 9.18 Å². The molecule has 0 aromatic heterocycles. The average Bonchev–Trinajstić information content (AvgIpc) is 2.31. The Bertz CT molecular complexity index is 455. The summed E-state index contributed by atoms with van der Waals surface area (Å²) in [6, 6.07) is 4.21. The van der Waals surface area contributed by atoms with Crippen molar-refractivity contribution < 1.29 is 9.18 Å². The molecular formula is C13H16FNOS2. The number of halogens is 1. The van der Waals surface area contributed by atoms with Crippen LogP contribution < -0.4 is 5.32 Å². The zero-order valence-electron chi connectivity index (χ0n) is 10.2. The Balaban J connectivity index is 1.97. The Morgan fingerprint density at radius 3 is 2.78 bits per heavy atom. The van der Waals surface area contributed by atoms with E-state index in [-0.39, 0.29) is 15.5 Å². The van der Waals surface area contributed by atoms with E-state index >= 15 is 0 Å². The van der Waals surface area contributed by atoms with Gasteiger partial charge in [0, 0.05) is 21.8 Å². The summed E-state index contributed by atoms with van der Waals surface area (Å²) in [4.78, 5) is 12.1. The van der Waals surface area contributed by atoms with Gasteiger partial charge in [0.1, 0.15) is 5.82 Å². The predicted molar refractivity (Wildman–Crippen MR) is 76.1 cm³/mol. The van der Waals surface area contributed by atoms with Crippen molar-refractivity contribution in [3.63, 3.8) is 0 Å². The van der Waals surface area contributed by atoms with Gasteiger partial charge in [0.15, 0.2) is 0 Å². The van der Waals surface area contributed by atoms with Crippen LogP contribution in [0.3, 0.4) is 0 Å². The minimum atomic E-state index is -0.408. The van der Waals surface area contributed by atoms with E-state index in [0.29, 0.717) is 12.1 Å². The molecule has 1 N–H and O–H groups in total. The molecule has 2 nitrogen and oxygen atoms in total. The molecule has 1 amide bonds. The Morgan fingerprint density at radius 1 is 1.56 bits per heavy atom. The second-order valence-electron chi connectivity index (χ2n) is 4.59. The van der Waals surface area contributed by atoms with Crippen LogP contribution in [0, 0.1) is 5.82 Å². The minimum absolute atomic E-state index is 0.161. The van der Waals surface area contributed by atoms with Crippen molar-refractivity contribution in [2.75, 3.05) is 12.8 Å². The zero-order valence-corrected chi connectivity index (χ0v) is 11.9. The number of carbonyl (C=O) groups is 1. The molecule has 0 bridgehead atoms. The van der Waals surface area contributed by atoms with Gasteiger partial charge in [-0.3, -0.25) is 4.79 Å². The number of nitrogens with one attached hydrogen (secondary N) is 1. The second kappa shape index (κ2) is 5.53. The lowest BCUT2D eigenvalue weighted by Crippen LogP contribution is -2.45. The van der Waals surface area contributed by atoms with Gasteiger partial charge in [0.05, 0.1) is 0 Å². The normalized spacial score (nSPS) is 17.1. The SMILES string of the molecule is CSC1(CNC(=O)c2ccc(F)c(S)c2)CCC1. The number of hydrogen-bond acceptors (Lipinski definition) is 3. The van der Waals surface area contributed by atoms with E-state index in [4.69, 9.17) is 0 Å². The van der Waals surface area contributed by atoms with Gasteiger partial charge in [0.2, 0.25) is 0 Å². The van der Waals surface area contributed by atoms with E-state index in [2.05, 4.69) is 24.2 Å². The Morgan fingerprint density at radius 2 is 2.28 bits per heavy atom. The quantitative estimate of drug-likeness (QED) is 0.832. The molecular weight excluding hydrogens is 269 g/mol. The molecule has 0 unspecified atom stereocenters. The molecule has 5 heteroatoms. The zero-order chi connectivity index (χ0) is 13.2. The Labute approximate surface area is 116 Å². The molecule has 0 saturated heterocycles. The molecule has 0 radical (unpaired) electrons. The summed E-state index contributed by atoms with van der Waals surface area (Å²) < 4.78 is 13.3. The van der Waals surface area contributed by atoms with Crippen LogP contribution in [0.5, 0.6) is 0 Å². The average molecular weight is 285 g/mol. The van der Waals surface area contributed by atoms with Gasteiger partial charge in [-0.2, -0.15) is 11.8 Å². The number of thioether (sulfide) groups is 1. The molecule has 0 aliphatic heterocycles. The first-order chi connectivity index (χ1) is 8.56. The van der Waals surface area contributed by atoms with Crippen LogP contribution in [0.15, 0.2) is 23.1 Å². The molecule has 1 aliphatic carbocycles. The van der Waals surface area contributed by atoms with Crippen LogP contribution in [0.2, 0.25) is 0 Å². The van der Waals surface area contributed by atoms with Crippen LogP contribution in [0.25, 0.3) is 0 Å². The standard InChI is InChI=1S/C13H16FNOS2/c1-18-13(5-2-6-13)8-15-12(16)9-3-4-10(14)11(17)7-9/h3-4,7,17H,2,5-6,8H2,1H3,(H,15,16). The molecule has 2 rings (SSSR count). The fraction of sp³-hybridized carbons (Fsp3) is 0.462. The molecule has 1 saturated carbocycles. The van der Waals surface area contributed by atoms with Gasteiger partial charge in [0.25, 0.3) is 5.91 Å². The molecule has 1 aromatic rings. The lowest BCUT2D eigenvalue weighted by Gasteiger charge is -2.40. The van der Waals surface area contributed by atoms with Crippen molar-refractivity contribution in [2.24, 2.45) is 0 Å². The topological polar surface area (TPSA) is 29.1 Å². The third kappa shape index (κ3) is 2.83. The van der Waals surface area contributed by atoms with Crippen molar-refractivity contribution in [3.05, 3.63) is 29.6 Å². The van der Waals surface area contributed by atoms with Crippen molar-refractivity contribution in [2.45, 2.75) is 28.9 Å². The van der Waals surface area contributed by atoms with Crippen LogP contribution in [0.1, 0.15) is 29.6 Å². The highest BCUT2D eigenvalue weighted by molar-refractivity contribution is 8.00. The van der Waals surface area contributed by atoms with Crippen molar-refractivity contribution in [1.82, 2.24) is 5.32 Å². The molecule has 0 atom stereocenters. The monoisotopic (exact) mass is 285 g/mol. The lowest BCUT2D eigenvalue weighted by atomic mass is 9.84. The van der Waals surface area contributed by atoms with E-state index in [1.54, 1.807) is 0 Å². The maximum Gasteiger partial charge on any atom is 0.251 e. The molecule has 98 valence electrons. The molecule has 1 aromatic carbocycles. The number of rotatable bonds is 4. The van der Waals surface area contributed by atoms with Crippen LogP contribution in [-0.4, -0.2) is 23.5 Å². The van der Waals surface area contributed by atoms with E-state index in [1.165, 1.54) is 24.6 Å². The molecule has 18 heavy (non-hydrogen) atoms. The van der Waals surface area contributed by atoms with Crippen LogP contribution in [0.4, 0.5) is 4.39 Å². The third-order valence-electron chi connectivity index (χ3n) is 3.48. The first-order valence-corrected chi connectivity index (χ1v) is 7.55. The summed E-state index contributed by atoms with van der Waals surface area (Å²) in [5.74, 6) is -0.569.